The van der Waals surface area contributed by atoms with E-state index in [4.69, 9.17) is 4.98 Å². The first kappa shape index (κ1) is 14.4. The largest absolute Gasteiger partial charge is 0.252 e. The van der Waals surface area contributed by atoms with Crippen LogP contribution in [0.2, 0.25) is 0 Å². The maximum atomic E-state index is 4.69. The maximum absolute atomic E-state index is 4.69. The molecule has 3 nitrogen and oxygen atoms in total. The van der Waals surface area contributed by atoms with Gasteiger partial charge in [-0.15, -0.1) is 0 Å². The summed E-state index contributed by atoms with van der Waals surface area (Å²) in [7, 11) is 0. The van der Waals surface area contributed by atoms with Gasteiger partial charge in [0.05, 0.1) is 15.9 Å². The molecule has 4 rings (SSSR count). The van der Waals surface area contributed by atoms with E-state index in [9.17, 15) is 0 Å². The maximum Gasteiger partial charge on any atom is 0.204 e. The van der Waals surface area contributed by atoms with Crippen molar-refractivity contribution < 1.29 is 0 Å². The van der Waals surface area contributed by atoms with Crippen LogP contribution in [-0.2, 0) is 6.42 Å². The third-order valence-corrected chi connectivity index (χ3v) is 5.21. The van der Waals surface area contributed by atoms with E-state index in [2.05, 4.69) is 60.8 Å². The van der Waals surface area contributed by atoms with E-state index in [0.29, 0.717) is 0 Å². The average molecular weight is 321 g/mol. The van der Waals surface area contributed by atoms with Crippen molar-refractivity contribution in [3.05, 3.63) is 58.7 Å². The lowest BCUT2D eigenvalue weighted by Crippen LogP contribution is -2.13. The molecule has 1 N–H and O–H groups in total. The topological polar surface area (TPSA) is 37.3 Å². The fraction of sp³-hybridized carbons (Fsp3) is 0.263. The summed E-state index contributed by atoms with van der Waals surface area (Å²) in [6.45, 7) is 4.24. The van der Waals surface area contributed by atoms with Gasteiger partial charge in [0, 0.05) is 5.56 Å². The van der Waals surface area contributed by atoms with Crippen LogP contribution in [0.3, 0.4) is 0 Å². The first-order valence-corrected chi connectivity index (χ1v) is 8.81. The third kappa shape index (κ3) is 2.75. The van der Waals surface area contributed by atoms with Crippen LogP contribution in [-0.4, -0.2) is 10.7 Å². The fourth-order valence-corrected chi connectivity index (χ4v) is 4.24. The molecular formula is C19H19N3S. The standard InChI is InChI=1S/C19H19N3S/c1-12-10-13(2)18-17(11-12)23-19(20-18)22-21-16-9-5-7-14-6-3-4-8-15(14)16/h3-4,6,8,10-11H,5,7,9H2,1-2H3,(H,20,22)/b21-16+. The number of nitrogens with zero attached hydrogens (tertiary/aromatic N) is 2. The zero-order valence-corrected chi connectivity index (χ0v) is 14.2. The van der Waals surface area contributed by atoms with Gasteiger partial charge in [0.2, 0.25) is 5.13 Å². The monoisotopic (exact) mass is 321 g/mol. The molecule has 3 aromatic rings. The van der Waals surface area contributed by atoms with Gasteiger partial charge in [-0.2, -0.15) is 5.10 Å². The number of fused-ring (bicyclic) bond motifs is 2. The highest BCUT2D eigenvalue weighted by atomic mass is 32.1. The number of hydrogen-bond acceptors (Lipinski definition) is 4. The smallest absolute Gasteiger partial charge is 0.204 e. The molecule has 0 radical (unpaired) electrons. The van der Waals surface area contributed by atoms with Gasteiger partial charge in [-0.25, -0.2) is 4.98 Å². The van der Waals surface area contributed by atoms with Crippen molar-refractivity contribution in [2.24, 2.45) is 5.10 Å². The Morgan fingerprint density at radius 3 is 2.91 bits per heavy atom. The zero-order chi connectivity index (χ0) is 15.8. The highest BCUT2D eigenvalue weighted by Gasteiger charge is 2.15. The molecule has 1 heterocycles. The quantitative estimate of drug-likeness (QED) is 0.669. The lowest BCUT2D eigenvalue weighted by molar-refractivity contribution is 0.837. The van der Waals surface area contributed by atoms with Gasteiger partial charge < -0.3 is 0 Å². The van der Waals surface area contributed by atoms with Crippen molar-refractivity contribution in [1.82, 2.24) is 4.98 Å². The number of anilines is 1. The van der Waals surface area contributed by atoms with Gasteiger partial charge in [-0.3, -0.25) is 5.43 Å². The molecule has 0 saturated heterocycles. The minimum atomic E-state index is 0.865. The SMILES string of the molecule is Cc1cc(C)c2nc(N/N=C3\CCCc4ccccc43)sc2c1. The van der Waals surface area contributed by atoms with Crippen molar-refractivity contribution in [1.29, 1.82) is 0 Å². The molecule has 0 bridgehead atoms. The lowest BCUT2D eigenvalue weighted by atomic mass is 9.90. The van der Waals surface area contributed by atoms with Gasteiger partial charge in [-0.05, 0) is 55.9 Å². The minimum Gasteiger partial charge on any atom is -0.252 e. The zero-order valence-electron chi connectivity index (χ0n) is 13.4. The van der Waals surface area contributed by atoms with Crippen LogP contribution < -0.4 is 5.43 Å². The highest BCUT2D eigenvalue weighted by molar-refractivity contribution is 7.22. The van der Waals surface area contributed by atoms with E-state index < -0.39 is 0 Å². The number of aryl methyl sites for hydroxylation is 3. The summed E-state index contributed by atoms with van der Waals surface area (Å²) < 4.78 is 1.22. The summed E-state index contributed by atoms with van der Waals surface area (Å²) in [5.74, 6) is 0. The molecule has 0 unspecified atom stereocenters. The van der Waals surface area contributed by atoms with E-state index >= 15 is 0 Å². The number of aromatic nitrogens is 1. The minimum absolute atomic E-state index is 0.865. The molecule has 23 heavy (non-hydrogen) atoms. The second-order valence-electron chi connectivity index (χ2n) is 6.13. The van der Waals surface area contributed by atoms with E-state index in [1.165, 1.54) is 27.0 Å². The van der Waals surface area contributed by atoms with Gasteiger partial charge in [0.25, 0.3) is 0 Å². The molecular weight excluding hydrogens is 302 g/mol. The number of thiazole rings is 1. The normalized spacial score (nSPS) is 15.8. The Morgan fingerprint density at radius 1 is 1.13 bits per heavy atom. The van der Waals surface area contributed by atoms with Gasteiger partial charge >= 0.3 is 0 Å². The number of benzene rings is 2. The van der Waals surface area contributed by atoms with E-state index in [-0.39, 0.29) is 0 Å². The molecule has 1 aliphatic carbocycles. The van der Waals surface area contributed by atoms with Gasteiger partial charge in [-0.1, -0.05) is 41.7 Å². The van der Waals surface area contributed by atoms with Crippen LogP contribution in [0.15, 0.2) is 41.5 Å². The molecule has 2 aromatic carbocycles. The van der Waals surface area contributed by atoms with Gasteiger partial charge in [0.15, 0.2) is 0 Å². The van der Waals surface area contributed by atoms with Crippen LogP contribution in [0.1, 0.15) is 35.1 Å². The Balaban J connectivity index is 1.66. The molecule has 0 fully saturated rings. The van der Waals surface area contributed by atoms with Crippen molar-refractivity contribution in [2.75, 3.05) is 5.43 Å². The first-order valence-electron chi connectivity index (χ1n) is 7.99. The Morgan fingerprint density at radius 2 is 2.00 bits per heavy atom. The summed E-state index contributed by atoms with van der Waals surface area (Å²) >= 11 is 1.67. The second-order valence-corrected chi connectivity index (χ2v) is 7.16. The Kier molecular flexibility index (Phi) is 3.62. The van der Waals surface area contributed by atoms with Crippen molar-refractivity contribution in [2.45, 2.75) is 33.1 Å². The number of hydrazone groups is 1. The molecule has 1 aliphatic rings. The molecule has 4 heteroatoms. The fourth-order valence-electron chi connectivity index (χ4n) is 3.25. The molecule has 0 spiro atoms. The number of rotatable bonds is 2. The predicted octanol–water partition coefficient (Wildman–Crippen LogP) is 5.07. The lowest BCUT2D eigenvalue weighted by Gasteiger charge is -2.17. The highest BCUT2D eigenvalue weighted by Crippen LogP contribution is 2.29. The number of hydrogen-bond donors (Lipinski definition) is 1. The summed E-state index contributed by atoms with van der Waals surface area (Å²) in [6.07, 6.45) is 3.33. The second kappa shape index (κ2) is 5.78. The third-order valence-electron chi connectivity index (χ3n) is 4.30. The van der Waals surface area contributed by atoms with Crippen molar-refractivity contribution >= 4 is 32.4 Å². The van der Waals surface area contributed by atoms with E-state index in [1.807, 2.05) is 0 Å². The van der Waals surface area contributed by atoms with E-state index in [0.717, 1.165) is 35.6 Å². The Labute approximate surface area is 140 Å². The summed E-state index contributed by atoms with van der Waals surface area (Å²) in [6, 6.07) is 12.9. The van der Waals surface area contributed by atoms with Crippen LogP contribution >= 0.6 is 11.3 Å². The summed E-state index contributed by atoms with van der Waals surface area (Å²) in [4.78, 5) is 4.69. The van der Waals surface area contributed by atoms with Crippen LogP contribution in [0, 0.1) is 13.8 Å². The van der Waals surface area contributed by atoms with Crippen LogP contribution in [0.4, 0.5) is 5.13 Å². The summed E-state index contributed by atoms with van der Waals surface area (Å²) in [5, 5.41) is 5.52. The summed E-state index contributed by atoms with van der Waals surface area (Å²) in [5.41, 5.74) is 10.6. The van der Waals surface area contributed by atoms with Gasteiger partial charge in [0.1, 0.15) is 0 Å². The molecule has 0 aliphatic heterocycles. The molecule has 0 saturated carbocycles. The molecule has 1 aromatic heterocycles. The Hall–Kier alpha value is -2.20. The Bertz CT molecular complexity index is 908. The first-order chi connectivity index (χ1) is 11.2. The molecule has 116 valence electrons. The molecule has 0 amide bonds. The van der Waals surface area contributed by atoms with Crippen LogP contribution in [0.25, 0.3) is 10.2 Å². The number of nitrogens with one attached hydrogen (secondary N) is 1. The van der Waals surface area contributed by atoms with Crippen molar-refractivity contribution in [3.8, 4) is 0 Å². The van der Waals surface area contributed by atoms with Crippen molar-refractivity contribution in [3.63, 3.8) is 0 Å². The van der Waals surface area contributed by atoms with Crippen LogP contribution in [0.5, 0.6) is 0 Å². The molecule has 0 atom stereocenters. The van der Waals surface area contributed by atoms with E-state index in [1.54, 1.807) is 11.3 Å². The average Bonchev–Trinajstić information content (AvgIpc) is 2.96. The predicted molar refractivity (Wildman–Crippen MR) is 98.6 cm³/mol.